The van der Waals surface area contributed by atoms with Crippen LogP contribution >= 0.6 is 22.9 Å². The number of amidine groups is 1. The number of imidazole rings is 1. The van der Waals surface area contributed by atoms with E-state index in [1.165, 1.54) is 30.6 Å². The first-order chi connectivity index (χ1) is 25.9. The van der Waals surface area contributed by atoms with E-state index in [9.17, 15) is 14.0 Å². The summed E-state index contributed by atoms with van der Waals surface area (Å²) in [6.45, 7) is 12.7. The van der Waals surface area contributed by atoms with E-state index in [4.69, 9.17) is 26.1 Å². The number of nitrogens with zero attached hydrogens (tertiary/aromatic N) is 7. The average molecular weight is 791 g/mol. The number of nitrogens with one attached hydrogen (secondary N) is 1. The molecule has 2 aromatic heterocycles. The van der Waals surface area contributed by atoms with E-state index in [0.29, 0.717) is 61.6 Å². The average Bonchev–Trinajstić information content (AvgIpc) is 3.89. The lowest BCUT2D eigenvalue weighted by Gasteiger charge is -2.38. The number of halogens is 2. The lowest BCUT2D eigenvalue weighted by Crippen LogP contribution is -2.53. The zero-order valence-electron chi connectivity index (χ0n) is 31.0. The van der Waals surface area contributed by atoms with E-state index in [0.717, 1.165) is 35.4 Å². The molecule has 284 valence electrons. The maximum atomic E-state index is 14.1. The van der Waals surface area contributed by atoms with Crippen LogP contribution in [-0.4, -0.2) is 103 Å². The summed E-state index contributed by atoms with van der Waals surface area (Å²) in [4.78, 5) is 47.0. The lowest BCUT2D eigenvalue weighted by molar-refractivity contribution is -0.136. The first kappa shape index (κ1) is 37.9. The number of ether oxygens (including phenoxy) is 2. The molecule has 0 saturated carbocycles. The first-order valence-corrected chi connectivity index (χ1v) is 22.9. The number of esters is 1. The van der Waals surface area contributed by atoms with Crippen LogP contribution in [0.2, 0.25) is 30.7 Å². The molecule has 2 fully saturated rings. The van der Waals surface area contributed by atoms with E-state index < -0.39 is 25.9 Å². The van der Waals surface area contributed by atoms with Crippen LogP contribution in [0, 0.1) is 12.7 Å². The SMILES string of the molecule is COC(=O)C1=C(CN2CCN3C(=O)N(c4ccc(-c5cnc(C)n5COCC[Si](C)(C)C)cc4)CC3C2)NC(c2nccs2)=NC1c1ccc(F)cc1Cl. The number of aryl methyl sites for hydroxylation is 1. The van der Waals surface area contributed by atoms with E-state index >= 15 is 0 Å². The van der Waals surface area contributed by atoms with Crippen molar-refractivity contribution < 1.29 is 23.5 Å². The molecular weight excluding hydrogens is 747 g/mol. The van der Waals surface area contributed by atoms with Crippen LogP contribution < -0.4 is 10.2 Å². The number of thiazole rings is 1. The van der Waals surface area contributed by atoms with Gasteiger partial charge >= 0.3 is 12.0 Å². The molecule has 2 amide bonds. The normalized spacial score (nSPS) is 19.2. The standard InChI is InChI=1S/C38H44ClFN8O4SSi/c1-24-42-19-32(48(24)23-52-15-17-54(3,4)5)25-6-9-27(10-7-25)47-21-28-20-45(13-14-46(28)38(47)50)22-31-33(37(49)51-2)34(29-11-8-26(40)18-30(29)39)44-35(43-31)36-41-12-16-53-36/h6-12,16,18-19,28,34H,13-15,17,20-23H2,1-5H3,(H,43,44). The van der Waals surface area contributed by atoms with Gasteiger partial charge in [-0.2, -0.15) is 0 Å². The van der Waals surface area contributed by atoms with Gasteiger partial charge < -0.3 is 24.3 Å². The third-order valence-corrected chi connectivity index (χ3v) is 12.8. The van der Waals surface area contributed by atoms with Crippen LogP contribution in [0.15, 0.2) is 76.5 Å². The third kappa shape index (κ3) is 8.00. The summed E-state index contributed by atoms with van der Waals surface area (Å²) in [6, 6.07) is 12.2. The number of aromatic nitrogens is 3. The fourth-order valence-corrected chi connectivity index (χ4v) is 8.65. The van der Waals surface area contributed by atoms with Crippen molar-refractivity contribution in [3.63, 3.8) is 0 Å². The van der Waals surface area contributed by atoms with Gasteiger partial charge in [-0.1, -0.05) is 49.4 Å². The number of anilines is 1. The molecule has 2 aromatic carbocycles. The molecule has 3 aliphatic rings. The molecule has 1 N–H and O–H groups in total. The Morgan fingerprint density at radius 2 is 1.91 bits per heavy atom. The second kappa shape index (κ2) is 15.7. The zero-order valence-corrected chi connectivity index (χ0v) is 33.6. The van der Waals surface area contributed by atoms with Gasteiger partial charge in [-0.3, -0.25) is 14.8 Å². The molecule has 16 heteroatoms. The molecule has 4 aromatic rings. The molecule has 0 radical (unpaired) electrons. The molecule has 0 aliphatic carbocycles. The number of benzene rings is 2. The van der Waals surface area contributed by atoms with Crippen molar-refractivity contribution in [3.8, 4) is 11.3 Å². The third-order valence-electron chi connectivity index (χ3n) is 9.99. The summed E-state index contributed by atoms with van der Waals surface area (Å²) in [7, 11) is 0.131. The Hall–Kier alpha value is -4.41. The smallest absolute Gasteiger partial charge is 0.338 e. The molecule has 0 bridgehead atoms. The van der Waals surface area contributed by atoms with Crippen molar-refractivity contribution in [3.05, 3.63) is 98.7 Å². The quantitative estimate of drug-likeness (QED) is 0.0975. The minimum absolute atomic E-state index is 0.0291. The van der Waals surface area contributed by atoms with Crippen molar-refractivity contribution >= 4 is 54.5 Å². The Bertz CT molecular complexity index is 2080. The second-order valence-corrected chi connectivity index (χ2v) is 21.8. The van der Waals surface area contributed by atoms with Gasteiger partial charge in [0.25, 0.3) is 0 Å². The molecule has 5 heterocycles. The van der Waals surface area contributed by atoms with Crippen molar-refractivity contribution in [2.24, 2.45) is 4.99 Å². The summed E-state index contributed by atoms with van der Waals surface area (Å²) in [6.07, 6.45) is 3.55. The van der Waals surface area contributed by atoms with Crippen LogP contribution in [0.25, 0.3) is 11.3 Å². The molecular formula is C38H44ClFN8O4SSi. The van der Waals surface area contributed by atoms with E-state index in [1.54, 1.807) is 12.3 Å². The number of piperazine rings is 1. The highest BCUT2D eigenvalue weighted by Gasteiger charge is 2.42. The van der Waals surface area contributed by atoms with Crippen molar-refractivity contribution in [1.29, 1.82) is 0 Å². The maximum Gasteiger partial charge on any atom is 0.338 e. The predicted molar refractivity (Wildman–Crippen MR) is 211 cm³/mol. The first-order valence-electron chi connectivity index (χ1n) is 17.9. The molecule has 0 spiro atoms. The van der Waals surface area contributed by atoms with Crippen LogP contribution in [0.5, 0.6) is 0 Å². The highest BCUT2D eigenvalue weighted by atomic mass is 35.5. The number of carbonyl (C=O) groups is 2. The number of urea groups is 1. The largest absolute Gasteiger partial charge is 0.466 e. The maximum absolute atomic E-state index is 14.1. The van der Waals surface area contributed by atoms with E-state index in [1.807, 2.05) is 52.6 Å². The Kier molecular flexibility index (Phi) is 11.0. The molecule has 2 saturated heterocycles. The van der Waals surface area contributed by atoms with Gasteiger partial charge in [-0.15, -0.1) is 11.3 Å². The van der Waals surface area contributed by atoms with E-state index in [2.05, 4.69) is 44.4 Å². The van der Waals surface area contributed by atoms with Crippen LogP contribution in [0.3, 0.4) is 0 Å². The van der Waals surface area contributed by atoms with Gasteiger partial charge in [0.05, 0.1) is 30.6 Å². The summed E-state index contributed by atoms with van der Waals surface area (Å²) in [5, 5.41) is 5.99. The zero-order chi connectivity index (χ0) is 38.1. The lowest BCUT2D eigenvalue weighted by atomic mass is 9.95. The Morgan fingerprint density at radius 3 is 2.61 bits per heavy atom. The summed E-state index contributed by atoms with van der Waals surface area (Å²) in [5.74, 6) is 0.311. The van der Waals surface area contributed by atoms with Gasteiger partial charge in [-0.25, -0.2) is 23.9 Å². The minimum atomic E-state index is -1.19. The molecule has 54 heavy (non-hydrogen) atoms. The van der Waals surface area contributed by atoms with Gasteiger partial charge in [0.15, 0.2) is 10.8 Å². The Labute approximate surface area is 324 Å². The summed E-state index contributed by atoms with van der Waals surface area (Å²) in [5.41, 5.74) is 4.15. The highest BCUT2D eigenvalue weighted by molar-refractivity contribution is 7.11. The topological polar surface area (TPSA) is 117 Å². The molecule has 2 atom stereocenters. The van der Waals surface area contributed by atoms with Crippen molar-refractivity contribution in [1.82, 2.24) is 29.7 Å². The van der Waals surface area contributed by atoms with Gasteiger partial charge in [-0.05, 0) is 42.8 Å². The summed E-state index contributed by atoms with van der Waals surface area (Å²) < 4.78 is 27.5. The van der Waals surface area contributed by atoms with Gasteiger partial charge in [0, 0.05) is 81.0 Å². The van der Waals surface area contributed by atoms with Crippen LogP contribution in [0.1, 0.15) is 22.4 Å². The minimum Gasteiger partial charge on any atom is -0.466 e. The number of amides is 2. The fourth-order valence-electron chi connectivity index (χ4n) is 7.03. The number of aliphatic imine (C=N–C) groups is 1. The number of carbonyl (C=O) groups excluding carboxylic acids is 2. The van der Waals surface area contributed by atoms with Crippen molar-refractivity contribution in [2.75, 3.05) is 51.3 Å². The second-order valence-electron chi connectivity index (χ2n) is 14.9. The Morgan fingerprint density at radius 1 is 1.11 bits per heavy atom. The summed E-state index contributed by atoms with van der Waals surface area (Å²) >= 11 is 7.94. The molecule has 3 aliphatic heterocycles. The molecule has 2 unspecified atom stereocenters. The van der Waals surface area contributed by atoms with Gasteiger partial charge in [0.1, 0.15) is 24.4 Å². The number of fused-ring (bicyclic) bond motifs is 1. The number of hydrogen-bond donors (Lipinski definition) is 1. The predicted octanol–water partition coefficient (Wildman–Crippen LogP) is 6.56. The number of methoxy groups -OCH3 is 1. The van der Waals surface area contributed by atoms with Gasteiger partial charge in [0.2, 0.25) is 0 Å². The number of hydrogen-bond acceptors (Lipinski definition) is 10. The molecule has 12 nitrogen and oxygen atoms in total. The monoisotopic (exact) mass is 790 g/mol. The number of rotatable bonds is 12. The van der Waals surface area contributed by atoms with Crippen LogP contribution in [-0.2, 0) is 21.0 Å². The highest BCUT2D eigenvalue weighted by Crippen LogP contribution is 2.37. The fraction of sp³-hybridized carbons (Fsp3) is 0.395. The van der Waals surface area contributed by atoms with E-state index in [-0.39, 0.29) is 22.7 Å². The molecule has 7 rings (SSSR count). The Balaban J connectivity index is 1.07. The van der Waals surface area contributed by atoms with Crippen molar-refractivity contribution in [2.45, 2.75) is 51.4 Å². The van der Waals surface area contributed by atoms with Crippen LogP contribution in [0.4, 0.5) is 14.9 Å².